The van der Waals surface area contributed by atoms with Gasteiger partial charge in [-0.2, -0.15) is 4.98 Å². The molecule has 0 saturated carbocycles. The van der Waals surface area contributed by atoms with Gasteiger partial charge in [0.25, 0.3) is 5.89 Å². The number of hydrogen-bond acceptors (Lipinski definition) is 4. The van der Waals surface area contributed by atoms with Gasteiger partial charge in [0.1, 0.15) is 5.75 Å². The monoisotopic (exact) mass is 316 g/mol. The summed E-state index contributed by atoms with van der Waals surface area (Å²) in [6.45, 7) is 0. The average molecular weight is 317 g/mol. The van der Waals surface area contributed by atoms with E-state index in [1.807, 2.05) is 24.3 Å². The second-order valence-electron chi connectivity index (χ2n) is 3.98. The van der Waals surface area contributed by atoms with Crippen molar-refractivity contribution in [1.29, 1.82) is 0 Å². The van der Waals surface area contributed by atoms with Crippen LogP contribution in [0, 0.1) is 0 Å². The Morgan fingerprint density at radius 1 is 0.895 bits per heavy atom. The maximum absolute atomic E-state index is 9.24. The molecule has 4 nitrogen and oxygen atoms in total. The number of aromatic nitrogens is 2. The van der Waals surface area contributed by atoms with E-state index in [-0.39, 0.29) is 5.75 Å². The first kappa shape index (κ1) is 11.9. The summed E-state index contributed by atoms with van der Waals surface area (Å²) < 4.78 is 6.23. The van der Waals surface area contributed by atoms with E-state index in [0.29, 0.717) is 11.7 Å². The quantitative estimate of drug-likeness (QED) is 0.779. The lowest BCUT2D eigenvalue weighted by Crippen LogP contribution is -1.80. The minimum Gasteiger partial charge on any atom is -0.508 e. The molecular weight excluding hydrogens is 308 g/mol. The minimum absolute atomic E-state index is 0.209. The Bertz CT molecular complexity index is 630. The number of halogens is 1. The standard InChI is InChI=1S/C14H9BrN2O2/c15-11-5-1-10(2-6-11)14-16-13(17-19-14)9-3-7-12(18)8-4-9/h1-8,18H. The zero-order chi connectivity index (χ0) is 13.2. The molecule has 1 aromatic heterocycles. The lowest BCUT2D eigenvalue weighted by atomic mass is 10.2. The lowest BCUT2D eigenvalue weighted by Gasteiger charge is -1.94. The van der Waals surface area contributed by atoms with Crippen molar-refractivity contribution in [3.8, 4) is 28.6 Å². The van der Waals surface area contributed by atoms with Crippen LogP contribution >= 0.6 is 15.9 Å². The van der Waals surface area contributed by atoms with Crippen LogP contribution in [0.3, 0.4) is 0 Å². The van der Waals surface area contributed by atoms with Crippen LogP contribution in [0.4, 0.5) is 0 Å². The van der Waals surface area contributed by atoms with Crippen LogP contribution in [0.1, 0.15) is 0 Å². The van der Waals surface area contributed by atoms with Gasteiger partial charge in [0.2, 0.25) is 5.82 Å². The van der Waals surface area contributed by atoms with E-state index in [9.17, 15) is 5.11 Å². The SMILES string of the molecule is Oc1ccc(-c2noc(-c3ccc(Br)cc3)n2)cc1. The Kier molecular flexibility index (Phi) is 3.05. The van der Waals surface area contributed by atoms with Gasteiger partial charge in [-0.25, -0.2) is 0 Å². The van der Waals surface area contributed by atoms with Crippen molar-refractivity contribution in [3.63, 3.8) is 0 Å². The van der Waals surface area contributed by atoms with Gasteiger partial charge in [0.05, 0.1) is 0 Å². The molecule has 19 heavy (non-hydrogen) atoms. The largest absolute Gasteiger partial charge is 0.508 e. The Balaban J connectivity index is 1.95. The molecule has 94 valence electrons. The third-order valence-corrected chi connectivity index (χ3v) is 3.17. The highest BCUT2D eigenvalue weighted by atomic mass is 79.9. The molecule has 0 aliphatic rings. The Morgan fingerprint density at radius 3 is 2.21 bits per heavy atom. The molecule has 1 N–H and O–H groups in total. The first-order valence-corrected chi connectivity index (χ1v) is 6.41. The van der Waals surface area contributed by atoms with E-state index in [1.54, 1.807) is 24.3 Å². The Labute approximate surface area is 117 Å². The highest BCUT2D eigenvalue weighted by Crippen LogP contribution is 2.24. The number of benzene rings is 2. The molecule has 3 aromatic rings. The Hall–Kier alpha value is -2.14. The van der Waals surface area contributed by atoms with Crippen LogP contribution < -0.4 is 0 Å². The van der Waals surface area contributed by atoms with Gasteiger partial charge in [-0.3, -0.25) is 0 Å². The fourth-order valence-corrected chi connectivity index (χ4v) is 1.93. The van der Waals surface area contributed by atoms with Crippen molar-refractivity contribution in [2.24, 2.45) is 0 Å². The highest BCUT2D eigenvalue weighted by Gasteiger charge is 2.10. The second-order valence-corrected chi connectivity index (χ2v) is 4.89. The van der Waals surface area contributed by atoms with Gasteiger partial charge in [0.15, 0.2) is 0 Å². The van der Waals surface area contributed by atoms with Crippen LogP contribution in [-0.4, -0.2) is 15.2 Å². The highest BCUT2D eigenvalue weighted by molar-refractivity contribution is 9.10. The zero-order valence-electron chi connectivity index (χ0n) is 9.75. The van der Waals surface area contributed by atoms with Crippen molar-refractivity contribution in [3.05, 3.63) is 53.0 Å². The number of aromatic hydroxyl groups is 1. The normalized spacial score (nSPS) is 10.6. The molecule has 0 radical (unpaired) electrons. The van der Waals surface area contributed by atoms with E-state index in [4.69, 9.17) is 4.52 Å². The van der Waals surface area contributed by atoms with E-state index in [2.05, 4.69) is 26.1 Å². The summed E-state index contributed by atoms with van der Waals surface area (Å²) >= 11 is 3.38. The van der Waals surface area contributed by atoms with Crippen molar-refractivity contribution < 1.29 is 9.63 Å². The molecule has 0 aliphatic heterocycles. The number of nitrogens with zero attached hydrogens (tertiary/aromatic N) is 2. The van der Waals surface area contributed by atoms with Gasteiger partial charge in [-0.05, 0) is 48.5 Å². The predicted octanol–water partition coefficient (Wildman–Crippen LogP) is 3.87. The lowest BCUT2D eigenvalue weighted by molar-refractivity contribution is 0.432. The van der Waals surface area contributed by atoms with Gasteiger partial charge in [-0.1, -0.05) is 21.1 Å². The smallest absolute Gasteiger partial charge is 0.258 e. The second kappa shape index (κ2) is 4.85. The van der Waals surface area contributed by atoms with Crippen molar-refractivity contribution in [1.82, 2.24) is 10.1 Å². The fraction of sp³-hybridized carbons (Fsp3) is 0. The molecule has 0 amide bonds. The molecule has 1 heterocycles. The van der Waals surface area contributed by atoms with E-state index >= 15 is 0 Å². The summed E-state index contributed by atoms with van der Waals surface area (Å²) in [6.07, 6.45) is 0. The molecule has 0 saturated heterocycles. The maximum atomic E-state index is 9.24. The van der Waals surface area contributed by atoms with Gasteiger partial charge < -0.3 is 9.63 Å². The average Bonchev–Trinajstić information content (AvgIpc) is 2.90. The predicted molar refractivity (Wildman–Crippen MR) is 74.5 cm³/mol. The molecule has 0 atom stereocenters. The van der Waals surface area contributed by atoms with Gasteiger partial charge in [-0.15, -0.1) is 0 Å². The molecule has 3 rings (SSSR count). The van der Waals surface area contributed by atoms with E-state index < -0.39 is 0 Å². The molecule has 0 aliphatic carbocycles. The summed E-state index contributed by atoms with van der Waals surface area (Å²) in [5, 5.41) is 13.2. The molecule has 0 fully saturated rings. The van der Waals surface area contributed by atoms with E-state index in [0.717, 1.165) is 15.6 Å². The van der Waals surface area contributed by atoms with Crippen LogP contribution in [0.2, 0.25) is 0 Å². The van der Waals surface area contributed by atoms with E-state index in [1.165, 1.54) is 0 Å². The van der Waals surface area contributed by atoms with Crippen molar-refractivity contribution >= 4 is 15.9 Å². The van der Waals surface area contributed by atoms with Gasteiger partial charge >= 0.3 is 0 Å². The summed E-state index contributed by atoms with van der Waals surface area (Å²) in [5.41, 5.74) is 1.66. The number of phenolic OH excluding ortho intramolecular Hbond substituents is 1. The van der Waals surface area contributed by atoms with Gasteiger partial charge in [0, 0.05) is 15.6 Å². The molecule has 0 unspecified atom stereocenters. The minimum atomic E-state index is 0.209. The van der Waals surface area contributed by atoms with Crippen molar-refractivity contribution in [2.45, 2.75) is 0 Å². The molecule has 0 spiro atoms. The number of rotatable bonds is 2. The first-order valence-electron chi connectivity index (χ1n) is 5.61. The number of hydrogen-bond donors (Lipinski definition) is 1. The molecular formula is C14H9BrN2O2. The Morgan fingerprint density at radius 2 is 1.53 bits per heavy atom. The van der Waals surface area contributed by atoms with Crippen LogP contribution in [-0.2, 0) is 0 Å². The topological polar surface area (TPSA) is 59.2 Å². The molecule has 0 bridgehead atoms. The van der Waals surface area contributed by atoms with Crippen LogP contribution in [0.25, 0.3) is 22.8 Å². The fourth-order valence-electron chi connectivity index (χ4n) is 1.66. The first-order chi connectivity index (χ1) is 9.22. The summed E-state index contributed by atoms with van der Waals surface area (Å²) in [4.78, 5) is 4.34. The van der Waals surface area contributed by atoms with Crippen LogP contribution in [0.15, 0.2) is 57.5 Å². The van der Waals surface area contributed by atoms with Crippen LogP contribution in [0.5, 0.6) is 5.75 Å². The molecule has 5 heteroatoms. The van der Waals surface area contributed by atoms with Crippen molar-refractivity contribution in [2.75, 3.05) is 0 Å². The third kappa shape index (κ3) is 2.51. The maximum Gasteiger partial charge on any atom is 0.258 e. The number of phenols is 1. The zero-order valence-corrected chi connectivity index (χ0v) is 11.3. The summed E-state index contributed by atoms with van der Waals surface area (Å²) in [6, 6.07) is 14.3. The molecule has 2 aromatic carbocycles. The summed E-state index contributed by atoms with van der Waals surface area (Å²) in [5.74, 6) is 1.17. The summed E-state index contributed by atoms with van der Waals surface area (Å²) in [7, 11) is 0. The third-order valence-electron chi connectivity index (χ3n) is 2.64.